The number of benzene rings is 1. The molecule has 0 atom stereocenters. The van der Waals surface area contributed by atoms with Crippen LogP contribution < -0.4 is 5.32 Å². The Hall–Kier alpha value is -3.15. The van der Waals surface area contributed by atoms with E-state index in [-0.39, 0.29) is 5.56 Å². The Labute approximate surface area is 139 Å². The van der Waals surface area contributed by atoms with Gasteiger partial charge in [0.25, 0.3) is 11.7 Å². The number of rotatable bonds is 5. The quantitative estimate of drug-likeness (QED) is 0.577. The molecule has 24 heavy (non-hydrogen) atoms. The van der Waals surface area contributed by atoms with E-state index in [1.807, 2.05) is 61.0 Å². The van der Waals surface area contributed by atoms with E-state index in [0.717, 1.165) is 17.1 Å². The molecule has 3 rings (SSSR count). The van der Waals surface area contributed by atoms with E-state index in [2.05, 4.69) is 10.4 Å². The number of Topliss-reactive ketones (excluding diaryl/α,β-unsaturated/α-hetero) is 1. The fourth-order valence-corrected chi connectivity index (χ4v) is 2.39. The van der Waals surface area contributed by atoms with E-state index in [0.29, 0.717) is 6.54 Å². The normalized spacial score (nSPS) is 10.6. The molecule has 0 aliphatic heterocycles. The molecule has 0 radical (unpaired) electrons. The van der Waals surface area contributed by atoms with Gasteiger partial charge in [0.05, 0.1) is 24.0 Å². The van der Waals surface area contributed by atoms with E-state index >= 15 is 0 Å². The van der Waals surface area contributed by atoms with Crippen LogP contribution in [0.3, 0.4) is 0 Å². The van der Waals surface area contributed by atoms with Crippen LogP contribution >= 0.6 is 0 Å². The summed E-state index contributed by atoms with van der Waals surface area (Å²) >= 11 is 0. The van der Waals surface area contributed by atoms with Gasteiger partial charge in [-0.15, -0.1) is 0 Å². The number of hydrogen-bond donors (Lipinski definition) is 1. The summed E-state index contributed by atoms with van der Waals surface area (Å²) in [5.41, 5.74) is 3.12. The number of carbonyl (C=O) groups excluding carboxylic acids is 2. The molecule has 6 heteroatoms. The summed E-state index contributed by atoms with van der Waals surface area (Å²) in [6, 6.07) is 13.3. The fraction of sp³-hybridized carbons (Fsp3) is 0.167. The molecule has 2 aromatic heterocycles. The fourth-order valence-electron chi connectivity index (χ4n) is 2.39. The van der Waals surface area contributed by atoms with Crippen LogP contribution in [0.2, 0.25) is 0 Å². The van der Waals surface area contributed by atoms with Crippen LogP contribution in [0, 0.1) is 6.92 Å². The lowest BCUT2D eigenvalue weighted by Gasteiger charge is -2.06. The van der Waals surface area contributed by atoms with Crippen molar-refractivity contribution in [3.8, 4) is 5.69 Å². The molecule has 0 spiro atoms. The Balaban J connectivity index is 1.67. The molecule has 1 aromatic carbocycles. The maximum atomic E-state index is 12.2. The molecule has 0 aliphatic carbocycles. The van der Waals surface area contributed by atoms with Crippen LogP contribution in [0.1, 0.15) is 21.7 Å². The highest BCUT2D eigenvalue weighted by Gasteiger charge is 2.18. The predicted molar refractivity (Wildman–Crippen MR) is 89.9 cm³/mol. The largest absolute Gasteiger partial charge is 0.350 e. The van der Waals surface area contributed by atoms with Crippen LogP contribution in [-0.4, -0.2) is 26.0 Å². The Morgan fingerprint density at radius 3 is 2.54 bits per heavy atom. The van der Waals surface area contributed by atoms with Gasteiger partial charge in [-0.1, -0.05) is 18.2 Å². The summed E-state index contributed by atoms with van der Waals surface area (Å²) in [5, 5.41) is 6.79. The van der Waals surface area contributed by atoms with Crippen molar-refractivity contribution in [2.24, 2.45) is 7.05 Å². The first-order valence-corrected chi connectivity index (χ1v) is 7.60. The molecular formula is C18H18N4O2. The van der Waals surface area contributed by atoms with Crippen LogP contribution in [0.25, 0.3) is 5.69 Å². The lowest BCUT2D eigenvalue weighted by atomic mass is 10.2. The molecule has 0 saturated heterocycles. The van der Waals surface area contributed by atoms with Crippen LogP contribution in [0.4, 0.5) is 0 Å². The summed E-state index contributed by atoms with van der Waals surface area (Å²) in [5.74, 6) is -1.23. The van der Waals surface area contributed by atoms with Gasteiger partial charge in [0.1, 0.15) is 0 Å². The van der Waals surface area contributed by atoms with Crippen LogP contribution in [0.5, 0.6) is 0 Å². The average molecular weight is 322 g/mol. The number of nitrogens with one attached hydrogen (secondary N) is 1. The molecule has 122 valence electrons. The third-order valence-corrected chi connectivity index (χ3v) is 3.98. The lowest BCUT2D eigenvalue weighted by molar-refractivity contribution is -0.117. The average Bonchev–Trinajstić information content (AvgIpc) is 3.21. The smallest absolute Gasteiger partial charge is 0.292 e. The molecule has 3 aromatic rings. The highest BCUT2D eigenvalue weighted by Crippen LogP contribution is 2.09. The van der Waals surface area contributed by atoms with Gasteiger partial charge in [0.2, 0.25) is 0 Å². The van der Waals surface area contributed by atoms with E-state index in [1.54, 1.807) is 10.9 Å². The number of nitrogens with zero attached hydrogens (tertiary/aromatic N) is 3. The Morgan fingerprint density at radius 1 is 1.12 bits per heavy atom. The summed E-state index contributed by atoms with van der Waals surface area (Å²) in [4.78, 5) is 24.3. The van der Waals surface area contributed by atoms with Crippen molar-refractivity contribution in [2.75, 3.05) is 0 Å². The molecule has 0 bridgehead atoms. The SMILES string of the molecule is Cc1ccc(CNC(=O)C(=O)c2cnn(-c3ccccc3)c2)n1C. The highest BCUT2D eigenvalue weighted by molar-refractivity contribution is 6.42. The molecule has 0 aliphatic rings. The monoisotopic (exact) mass is 322 g/mol. The minimum Gasteiger partial charge on any atom is -0.350 e. The first-order valence-electron chi connectivity index (χ1n) is 7.60. The number of carbonyl (C=O) groups is 2. The Kier molecular flexibility index (Phi) is 4.29. The van der Waals surface area contributed by atoms with Crippen molar-refractivity contribution in [3.05, 3.63) is 71.8 Å². The highest BCUT2D eigenvalue weighted by atomic mass is 16.2. The summed E-state index contributed by atoms with van der Waals surface area (Å²) < 4.78 is 3.54. The van der Waals surface area contributed by atoms with Gasteiger partial charge >= 0.3 is 0 Å². The third kappa shape index (κ3) is 3.12. The number of amides is 1. The van der Waals surface area contributed by atoms with E-state index in [1.165, 1.54) is 6.20 Å². The topological polar surface area (TPSA) is 68.9 Å². The Morgan fingerprint density at radius 2 is 1.88 bits per heavy atom. The zero-order valence-electron chi connectivity index (χ0n) is 13.6. The summed E-state index contributed by atoms with van der Waals surface area (Å²) in [6.45, 7) is 2.29. The van der Waals surface area contributed by atoms with Crippen molar-refractivity contribution in [2.45, 2.75) is 13.5 Å². The van der Waals surface area contributed by atoms with Crippen molar-refractivity contribution in [3.63, 3.8) is 0 Å². The molecule has 0 unspecified atom stereocenters. The molecule has 0 saturated carbocycles. The predicted octanol–water partition coefficient (Wildman–Crippen LogP) is 2.02. The molecular weight excluding hydrogens is 304 g/mol. The summed E-state index contributed by atoms with van der Waals surface area (Å²) in [7, 11) is 1.92. The number of para-hydroxylation sites is 1. The zero-order chi connectivity index (χ0) is 17.1. The van der Waals surface area contributed by atoms with Gasteiger partial charge < -0.3 is 9.88 Å². The number of hydrogen-bond acceptors (Lipinski definition) is 3. The maximum Gasteiger partial charge on any atom is 0.292 e. The minimum absolute atomic E-state index is 0.263. The molecule has 2 heterocycles. The molecule has 6 nitrogen and oxygen atoms in total. The van der Waals surface area contributed by atoms with Crippen molar-refractivity contribution in [1.29, 1.82) is 0 Å². The van der Waals surface area contributed by atoms with Gasteiger partial charge in [-0.05, 0) is 31.2 Å². The standard InChI is InChI=1S/C18H18N4O2/c1-13-8-9-16(21(13)2)11-19-18(24)17(23)14-10-20-22(12-14)15-6-4-3-5-7-15/h3-10,12H,11H2,1-2H3,(H,19,24). The van der Waals surface area contributed by atoms with Crippen molar-refractivity contribution >= 4 is 11.7 Å². The summed E-state index contributed by atoms with van der Waals surface area (Å²) in [6.07, 6.45) is 2.96. The van der Waals surface area contributed by atoms with Gasteiger partial charge in [0.15, 0.2) is 0 Å². The molecule has 1 N–H and O–H groups in total. The molecule has 1 amide bonds. The van der Waals surface area contributed by atoms with Crippen molar-refractivity contribution in [1.82, 2.24) is 19.7 Å². The molecule has 0 fully saturated rings. The van der Waals surface area contributed by atoms with Crippen molar-refractivity contribution < 1.29 is 9.59 Å². The van der Waals surface area contributed by atoms with Gasteiger partial charge in [-0.25, -0.2) is 4.68 Å². The maximum absolute atomic E-state index is 12.2. The second-order valence-electron chi connectivity index (χ2n) is 5.55. The van der Waals surface area contributed by atoms with E-state index < -0.39 is 11.7 Å². The zero-order valence-corrected chi connectivity index (χ0v) is 13.6. The number of ketones is 1. The first kappa shape index (κ1) is 15.7. The third-order valence-electron chi connectivity index (χ3n) is 3.98. The second kappa shape index (κ2) is 6.54. The second-order valence-corrected chi connectivity index (χ2v) is 5.55. The van der Waals surface area contributed by atoms with Gasteiger partial charge in [0, 0.05) is 24.6 Å². The number of aromatic nitrogens is 3. The minimum atomic E-state index is -0.638. The number of aryl methyl sites for hydroxylation is 1. The van der Waals surface area contributed by atoms with Crippen LogP contribution in [0.15, 0.2) is 54.9 Å². The van der Waals surface area contributed by atoms with Crippen LogP contribution in [-0.2, 0) is 18.4 Å². The first-order chi connectivity index (χ1) is 11.6. The van der Waals surface area contributed by atoms with E-state index in [9.17, 15) is 9.59 Å². The van der Waals surface area contributed by atoms with Gasteiger partial charge in [-0.3, -0.25) is 9.59 Å². The lowest BCUT2D eigenvalue weighted by Crippen LogP contribution is -2.31. The Bertz CT molecular complexity index is 878. The van der Waals surface area contributed by atoms with E-state index in [4.69, 9.17) is 0 Å². The van der Waals surface area contributed by atoms with Gasteiger partial charge in [-0.2, -0.15) is 5.10 Å².